The number of pyridine rings is 1. The van der Waals surface area contributed by atoms with Crippen molar-refractivity contribution in [1.82, 2.24) is 4.57 Å². The number of methoxy groups -OCH3 is 1. The van der Waals surface area contributed by atoms with Crippen LogP contribution in [0.4, 0.5) is 5.69 Å². The maximum absolute atomic E-state index is 13.2. The van der Waals surface area contributed by atoms with Gasteiger partial charge in [-0.15, -0.1) is 0 Å². The lowest BCUT2D eigenvalue weighted by molar-refractivity contribution is 0.101. The number of aromatic nitrogens is 1. The fourth-order valence-corrected chi connectivity index (χ4v) is 3.65. The van der Waals surface area contributed by atoms with Crippen molar-refractivity contribution in [1.29, 1.82) is 5.26 Å². The Kier molecular flexibility index (Phi) is 7.17. The Labute approximate surface area is 173 Å². The third-order valence-corrected chi connectivity index (χ3v) is 5.81. The zero-order valence-corrected chi connectivity index (χ0v) is 18.4. The molecule has 7 heteroatoms. The molecule has 2 rings (SSSR count). The van der Waals surface area contributed by atoms with Crippen LogP contribution in [0.1, 0.15) is 52.3 Å². The Morgan fingerprint density at radius 3 is 2.32 bits per heavy atom. The molecule has 0 saturated carbocycles. The smallest absolute Gasteiger partial charge is 0.261 e. The number of halogens is 1. The van der Waals surface area contributed by atoms with Gasteiger partial charge in [0.2, 0.25) is 5.43 Å². The van der Waals surface area contributed by atoms with Gasteiger partial charge in [-0.05, 0) is 59.0 Å². The SMILES string of the molecule is CCc1cc(C#N)cc(CC)c1NC(=O)c1c(COC)n(C)c(C)c(Br)c1=O. The maximum atomic E-state index is 13.2. The predicted molar refractivity (Wildman–Crippen MR) is 113 cm³/mol. The molecule has 0 unspecified atom stereocenters. The van der Waals surface area contributed by atoms with Gasteiger partial charge in [-0.3, -0.25) is 9.59 Å². The molecule has 148 valence electrons. The summed E-state index contributed by atoms with van der Waals surface area (Å²) >= 11 is 3.30. The fourth-order valence-electron chi connectivity index (χ4n) is 3.19. The second kappa shape index (κ2) is 9.18. The molecule has 1 aromatic heterocycles. The second-order valence-electron chi connectivity index (χ2n) is 6.48. The molecule has 1 N–H and O–H groups in total. The number of amides is 1. The third-order valence-electron chi connectivity index (χ3n) is 4.88. The minimum atomic E-state index is -0.484. The highest BCUT2D eigenvalue weighted by molar-refractivity contribution is 9.10. The van der Waals surface area contributed by atoms with Crippen molar-refractivity contribution in [2.75, 3.05) is 12.4 Å². The molecule has 0 aliphatic carbocycles. The molecule has 0 atom stereocenters. The van der Waals surface area contributed by atoms with Gasteiger partial charge >= 0.3 is 0 Å². The van der Waals surface area contributed by atoms with Crippen molar-refractivity contribution in [2.45, 2.75) is 40.2 Å². The highest BCUT2D eigenvalue weighted by atomic mass is 79.9. The van der Waals surface area contributed by atoms with Crippen molar-refractivity contribution < 1.29 is 9.53 Å². The molecule has 0 aliphatic heterocycles. The number of nitriles is 1. The maximum Gasteiger partial charge on any atom is 0.261 e. The van der Waals surface area contributed by atoms with E-state index in [9.17, 15) is 14.9 Å². The van der Waals surface area contributed by atoms with Gasteiger partial charge in [0.1, 0.15) is 5.56 Å². The molecule has 28 heavy (non-hydrogen) atoms. The van der Waals surface area contributed by atoms with E-state index in [1.54, 1.807) is 30.7 Å². The predicted octanol–water partition coefficient (Wildman–Crippen LogP) is 3.85. The zero-order valence-electron chi connectivity index (χ0n) is 16.8. The molecule has 0 aliphatic rings. The number of hydrogen-bond donors (Lipinski definition) is 1. The number of anilines is 1. The van der Waals surface area contributed by atoms with Gasteiger partial charge in [-0.1, -0.05) is 13.8 Å². The molecule has 1 amide bonds. The van der Waals surface area contributed by atoms with Gasteiger partial charge in [0.15, 0.2) is 0 Å². The van der Waals surface area contributed by atoms with Crippen LogP contribution in [0, 0.1) is 18.3 Å². The van der Waals surface area contributed by atoms with Gasteiger partial charge in [0.05, 0.1) is 28.4 Å². The van der Waals surface area contributed by atoms with Crippen molar-refractivity contribution in [2.24, 2.45) is 7.05 Å². The Morgan fingerprint density at radius 2 is 1.86 bits per heavy atom. The second-order valence-corrected chi connectivity index (χ2v) is 7.28. The minimum Gasteiger partial charge on any atom is -0.378 e. The lowest BCUT2D eigenvalue weighted by Gasteiger charge is -2.19. The lowest BCUT2D eigenvalue weighted by Crippen LogP contribution is -2.29. The summed E-state index contributed by atoms with van der Waals surface area (Å²) in [6.07, 6.45) is 1.30. The van der Waals surface area contributed by atoms with Crippen LogP contribution in [0.15, 0.2) is 21.4 Å². The van der Waals surface area contributed by atoms with Crippen LogP contribution in [0.3, 0.4) is 0 Å². The lowest BCUT2D eigenvalue weighted by atomic mass is 9.99. The van der Waals surface area contributed by atoms with Crippen LogP contribution in [-0.2, 0) is 31.2 Å². The molecule has 0 saturated heterocycles. The van der Waals surface area contributed by atoms with Gasteiger partial charge in [0.25, 0.3) is 5.91 Å². The topological polar surface area (TPSA) is 84.1 Å². The summed E-state index contributed by atoms with van der Waals surface area (Å²) in [6, 6.07) is 5.70. The highest BCUT2D eigenvalue weighted by Crippen LogP contribution is 2.26. The van der Waals surface area contributed by atoms with E-state index < -0.39 is 5.91 Å². The normalized spacial score (nSPS) is 10.6. The first-order chi connectivity index (χ1) is 13.3. The van der Waals surface area contributed by atoms with E-state index in [1.165, 1.54) is 7.11 Å². The Bertz CT molecular complexity index is 994. The fraction of sp³-hybridized carbons (Fsp3) is 0.381. The summed E-state index contributed by atoms with van der Waals surface area (Å²) in [5.74, 6) is -0.484. The van der Waals surface area contributed by atoms with E-state index >= 15 is 0 Å². The van der Waals surface area contributed by atoms with Crippen molar-refractivity contribution in [3.05, 3.63) is 60.5 Å². The van der Waals surface area contributed by atoms with Gasteiger partial charge in [-0.2, -0.15) is 5.26 Å². The van der Waals surface area contributed by atoms with Crippen LogP contribution in [-0.4, -0.2) is 17.6 Å². The summed E-state index contributed by atoms with van der Waals surface area (Å²) < 4.78 is 7.36. The number of carbonyl (C=O) groups excluding carboxylic acids is 1. The standard InChI is InChI=1S/C21H24BrN3O3/c1-6-14-8-13(10-23)9-15(7-2)19(14)24-21(27)17-16(11-28-5)25(4)12(3)18(22)20(17)26/h8-9H,6-7,11H2,1-5H3,(H,24,27). The molecular formula is C21H24BrN3O3. The van der Waals surface area contributed by atoms with Crippen molar-refractivity contribution in [3.63, 3.8) is 0 Å². The third kappa shape index (κ3) is 4.03. The summed E-state index contributed by atoms with van der Waals surface area (Å²) in [5.41, 5.74) is 3.85. The first kappa shape index (κ1) is 21.9. The average molecular weight is 446 g/mol. The molecule has 0 radical (unpaired) electrons. The number of aryl methyl sites for hydroxylation is 2. The highest BCUT2D eigenvalue weighted by Gasteiger charge is 2.23. The number of nitrogens with zero attached hydrogens (tertiary/aromatic N) is 2. The minimum absolute atomic E-state index is 0.0512. The summed E-state index contributed by atoms with van der Waals surface area (Å²) in [7, 11) is 3.32. The zero-order chi connectivity index (χ0) is 21.0. The molecular weight excluding hydrogens is 422 g/mol. The van der Waals surface area contributed by atoms with E-state index in [2.05, 4.69) is 27.3 Å². The average Bonchev–Trinajstić information content (AvgIpc) is 2.70. The molecule has 0 bridgehead atoms. The van der Waals surface area contributed by atoms with E-state index in [0.29, 0.717) is 34.3 Å². The quantitative estimate of drug-likeness (QED) is 0.731. The molecule has 0 spiro atoms. The Morgan fingerprint density at radius 1 is 1.29 bits per heavy atom. The summed E-state index contributed by atoms with van der Waals surface area (Å²) in [4.78, 5) is 26.0. The summed E-state index contributed by atoms with van der Waals surface area (Å²) in [5, 5.41) is 12.2. The van der Waals surface area contributed by atoms with Gasteiger partial charge < -0.3 is 14.6 Å². The monoisotopic (exact) mass is 445 g/mol. The molecule has 6 nitrogen and oxygen atoms in total. The number of benzene rings is 1. The number of ether oxygens (including phenoxy) is 1. The van der Waals surface area contributed by atoms with E-state index in [0.717, 1.165) is 16.8 Å². The number of rotatable bonds is 6. The Hall–Kier alpha value is -2.43. The van der Waals surface area contributed by atoms with Crippen LogP contribution >= 0.6 is 15.9 Å². The van der Waals surface area contributed by atoms with E-state index in [4.69, 9.17) is 4.74 Å². The van der Waals surface area contributed by atoms with Crippen LogP contribution in [0.5, 0.6) is 0 Å². The molecule has 1 heterocycles. The first-order valence-electron chi connectivity index (χ1n) is 9.04. The van der Waals surface area contributed by atoms with Crippen molar-refractivity contribution >= 4 is 27.5 Å². The number of carbonyl (C=O) groups is 1. The largest absolute Gasteiger partial charge is 0.378 e. The molecule has 0 fully saturated rings. The van der Waals surface area contributed by atoms with Crippen LogP contribution in [0.2, 0.25) is 0 Å². The Balaban J connectivity index is 2.64. The van der Waals surface area contributed by atoms with E-state index in [-0.39, 0.29) is 17.6 Å². The van der Waals surface area contributed by atoms with Crippen LogP contribution in [0.25, 0.3) is 0 Å². The van der Waals surface area contributed by atoms with E-state index in [1.807, 2.05) is 13.8 Å². The number of hydrogen-bond acceptors (Lipinski definition) is 4. The molecule has 1 aromatic carbocycles. The number of nitrogens with one attached hydrogen (secondary N) is 1. The summed E-state index contributed by atoms with van der Waals surface area (Å²) in [6.45, 7) is 5.86. The molecule has 2 aromatic rings. The van der Waals surface area contributed by atoms with Crippen LogP contribution < -0.4 is 10.7 Å². The van der Waals surface area contributed by atoms with Gasteiger partial charge in [-0.25, -0.2) is 0 Å². The van der Waals surface area contributed by atoms with Crippen molar-refractivity contribution in [3.8, 4) is 6.07 Å². The first-order valence-corrected chi connectivity index (χ1v) is 9.83. The van der Waals surface area contributed by atoms with Gasteiger partial charge in [0, 0.05) is 25.5 Å².